The van der Waals surface area contributed by atoms with Crippen LogP contribution in [0.2, 0.25) is 0 Å². The van der Waals surface area contributed by atoms with Gasteiger partial charge in [0.25, 0.3) is 11.8 Å². The van der Waals surface area contributed by atoms with Crippen LogP contribution in [0.15, 0.2) is 78.4 Å². The highest BCUT2D eigenvalue weighted by Crippen LogP contribution is 2.29. The maximum Gasteiger partial charge on any atom is 0.266 e. The van der Waals surface area contributed by atoms with Crippen molar-refractivity contribution in [2.24, 2.45) is 0 Å². The molecule has 0 unspecified atom stereocenters. The minimum Gasteiger partial charge on any atom is -0.493 e. The van der Waals surface area contributed by atoms with E-state index in [1.54, 1.807) is 30.3 Å². The van der Waals surface area contributed by atoms with Crippen LogP contribution in [0.4, 0.5) is 11.4 Å². The number of rotatable bonds is 9. The van der Waals surface area contributed by atoms with Crippen LogP contribution < -0.4 is 20.1 Å². The van der Waals surface area contributed by atoms with Crippen molar-refractivity contribution in [3.63, 3.8) is 0 Å². The Morgan fingerprint density at radius 1 is 0.943 bits per heavy atom. The molecule has 0 saturated heterocycles. The van der Waals surface area contributed by atoms with E-state index in [0.29, 0.717) is 34.4 Å². The Kier molecular flexibility index (Phi) is 8.63. The summed E-state index contributed by atoms with van der Waals surface area (Å²) in [6.45, 7) is 3.98. The van der Waals surface area contributed by atoms with Crippen molar-refractivity contribution < 1.29 is 19.1 Å². The van der Waals surface area contributed by atoms with Gasteiger partial charge >= 0.3 is 0 Å². The molecule has 3 rings (SSSR count). The molecule has 0 radical (unpaired) electrons. The normalized spacial score (nSPS) is 10.9. The van der Waals surface area contributed by atoms with Crippen molar-refractivity contribution in [3.05, 3.63) is 89.5 Å². The first kappa shape index (κ1) is 25.1. The zero-order valence-electron chi connectivity index (χ0n) is 19.9. The van der Waals surface area contributed by atoms with Gasteiger partial charge in [0.15, 0.2) is 18.1 Å². The van der Waals surface area contributed by atoms with E-state index in [9.17, 15) is 14.9 Å². The van der Waals surface area contributed by atoms with Crippen molar-refractivity contribution >= 4 is 29.3 Å². The molecule has 0 aliphatic rings. The second-order valence-electron chi connectivity index (χ2n) is 8.01. The lowest BCUT2D eigenvalue weighted by molar-refractivity contribution is -0.118. The molecule has 0 aliphatic heterocycles. The Morgan fingerprint density at radius 3 is 2.26 bits per heavy atom. The van der Waals surface area contributed by atoms with E-state index in [0.717, 1.165) is 5.56 Å². The number of nitrogens with zero attached hydrogens (tertiary/aromatic N) is 1. The third kappa shape index (κ3) is 7.21. The SMILES string of the molecule is COc1cc(C=C(C#N)C(=O)Nc2ccc(C(C)C)cc2)ccc1OCC(=O)Nc1ccccc1. The molecule has 0 aromatic heterocycles. The summed E-state index contributed by atoms with van der Waals surface area (Å²) in [6.07, 6.45) is 1.46. The Morgan fingerprint density at radius 2 is 1.63 bits per heavy atom. The quantitative estimate of drug-likeness (QED) is 0.324. The molecule has 0 heterocycles. The number of benzene rings is 3. The lowest BCUT2D eigenvalue weighted by Gasteiger charge is -2.12. The van der Waals surface area contributed by atoms with Gasteiger partial charge in [0.1, 0.15) is 11.6 Å². The minimum absolute atomic E-state index is 0.0594. The molecule has 35 heavy (non-hydrogen) atoms. The fourth-order valence-electron chi connectivity index (χ4n) is 3.22. The van der Waals surface area contributed by atoms with Crippen LogP contribution in [0.3, 0.4) is 0 Å². The molecular formula is C28H27N3O4. The number of amides is 2. The van der Waals surface area contributed by atoms with Crippen LogP contribution in [0, 0.1) is 11.3 Å². The summed E-state index contributed by atoms with van der Waals surface area (Å²) in [4.78, 5) is 24.8. The maximum absolute atomic E-state index is 12.6. The van der Waals surface area contributed by atoms with Gasteiger partial charge < -0.3 is 20.1 Å². The molecule has 7 nitrogen and oxygen atoms in total. The topological polar surface area (TPSA) is 100 Å². The largest absolute Gasteiger partial charge is 0.493 e. The number of nitrogens with one attached hydrogen (secondary N) is 2. The van der Waals surface area contributed by atoms with Gasteiger partial charge in [0, 0.05) is 11.4 Å². The number of hydrogen-bond acceptors (Lipinski definition) is 5. The van der Waals surface area contributed by atoms with Gasteiger partial charge in [-0.1, -0.05) is 50.2 Å². The third-order valence-corrected chi connectivity index (χ3v) is 5.12. The molecular weight excluding hydrogens is 442 g/mol. The van der Waals surface area contributed by atoms with E-state index in [1.807, 2.05) is 48.5 Å². The summed E-state index contributed by atoms with van der Waals surface area (Å²) in [6, 6.07) is 23.4. The summed E-state index contributed by atoms with van der Waals surface area (Å²) in [7, 11) is 1.47. The Hall–Kier alpha value is -4.57. The summed E-state index contributed by atoms with van der Waals surface area (Å²) in [5.41, 5.74) is 2.95. The average Bonchev–Trinajstić information content (AvgIpc) is 2.87. The zero-order chi connectivity index (χ0) is 25.2. The molecule has 0 aliphatic carbocycles. The summed E-state index contributed by atoms with van der Waals surface area (Å²) >= 11 is 0. The number of methoxy groups -OCH3 is 1. The van der Waals surface area contributed by atoms with Gasteiger partial charge in [-0.05, 0) is 59.5 Å². The number of nitriles is 1. The molecule has 0 atom stereocenters. The number of carbonyl (C=O) groups is 2. The van der Waals surface area contributed by atoms with Crippen LogP contribution in [0.25, 0.3) is 6.08 Å². The lowest BCUT2D eigenvalue weighted by Crippen LogP contribution is -2.20. The fraction of sp³-hybridized carbons (Fsp3) is 0.179. The molecule has 3 aromatic rings. The van der Waals surface area contributed by atoms with Crippen LogP contribution in [0.1, 0.15) is 30.9 Å². The average molecular weight is 470 g/mol. The van der Waals surface area contributed by atoms with Crippen molar-refractivity contribution in [1.29, 1.82) is 5.26 Å². The van der Waals surface area contributed by atoms with Crippen LogP contribution in [0.5, 0.6) is 11.5 Å². The minimum atomic E-state index is -0.512. The van der Waals surface area contributed by atoms with Gasteiger partial charge in [0.2, 0.25) is 0 Å². The number of anilines is 2. The molecule has 0 spiro atoms. The highest BCUT2D eigenvalue weighted by molar-refractivity contribution is 6.09. The Bertz CT molecular complexity index is 1240. The van der Waals surface area contributed by atoms with Crippen LogP contribution in [-0.2, 0) is 9.59 Å². The number of ether oxygens (including phenoxy) is 2. The van der Waals surface area contributed by atoms with E-state index < -0.39 is 5.91 Å². The fourth-order valence-corrected chi connectivity index (χ4v) is 3.22. The molecule has 0 bridgehead atoms. The lowest BCUT2D eigenvalue weighted by atomic mass is 10.0. The van der Waals surface area contributed by atoms with Gasteiger partial charge in [-0.25, -0.2) is 0 Å². The molecule has 2 amide bonds. The molecule has 7 heteroatoms. The number of para-hydroxylation sites is 1. The van der Waals surface area contributed by atoms with E-state index >= 15 is 0 Å². The molecule has 3 aromatic carbocycles. The van der Waals surface area contributed by atoms with Crippen LogP contribution in [-0.4, -0.2) is 25.5 Å². The molecule has 0 saturated carbocycles. The molecule has 178 valence electrons. The Labute approximate surface area is 205 Å². The summed E-state index contributed by atoms with van der Waals surface area (Å²) < 4.78 is 11.0. The number of hydrogen-bond donors (Lipinski definition) is 2. The van der Waals surface area contributed by atoms with E-state index in [1.165, 1.54) is 13.2 Å². The first-order chi connectivity index (χ1) is 16.9. The first-order valence-electron chi connectivity index (χ1n) is 11.1. The molecule has 0 fully saturated rings. The van der Waals surface area contributed by atoms with Gasteiger partial charge in [0.05, 0.1) is 7.11 Å². The predicted molar refractivity (Wildman–Crippen MR) is 136 cm³/mol. The molecule has 2 N–H and O–H groups in total. The van der Waals surface area contributed by atoms with E-state index in [2.05, 4.69) is 24.5 Å². The second-order valence-corrected chi connectivity index (χ2v) is 8.01. The first-order valence-corrected chi connectivity index (χ1v) is 11.1. The van der Waals surface area contributed by atoms with Crippen LogP contribution >= 0.6 is 0 Å². The van der Waals surface area contributed by atoms with E-state index in [4.69, 9.17) is 9.47 Å². The Balaban J connectivity index is 1.66. The third-order valence-electron chi connectivity index (χ3n) is 5.12. The van der Waals surface area contributed by atoms with Crippen molar-refractivity contribution in [1.82, 2.24) is 0 Å². The van der Waals surface area contributed by atoms with Gasteiger partial charge in [-0.3, -0.25) is 9.59 Å². The summed E-state index contributed by atoms with van der Waals surface area (Å²) in [5, 5.41) is 15.0. The van der Waals surface area contributed by atoms with Crippen molar-refractivity contribution in [3.8, 4) is 17.6 Å². The van der Waals surface area contributed by atoms with E-state index in [-0.39, 0.29) is 18.1 Å². The summed E-state index contributed by atoms with van der Waals surface area (Å²) in [5.74, 6) is 0.289. The monoisotopic (exact) mass is 469 g/mol. The highest BCUT2D eigenvalue weighted by atomic mass is 16.5. The maximum atomic E-state index is 12.6. The predicted octanol–water partition coefficient (Wildman–Crippen LogP) is 5.38. The van der Waals surface area contributed by atoms with Crippen molar-refractivity contribution in [2.45, 2.75) is 19.8 Å². The van der Waals surface area contributed by atoms with Crippen molar-refractivity contribution in [2.75, 3.05) is 24.4 Å². The zero-order valence-corrected chi connectivity index (χ0v) is 19.9. The highest BCUT2D eigenvalue weighted by Gasteiger charge is 2.12. The standard InChI is InChI=1S/C28H27N3O4/c1-19(2)21-10-12-24(13-11-21)31-28(33)22(17-29)15-20-9-14-25(26(16-20)34-3)35-18-27(32)30-23-7-5-4-6-8-23/h4-16,19H,18H2,1-3H3,(H,30,32)(H,31,33). The smallest absolute Gasteiger partial charge is 0.266 e. The number of carbonyl (C=O) groups excluding carboxylic acids is 2. The van der Waals surface area contributed by atoms with Gasteiger partial charge in [-0.2, -0.15) is 5.26 Å². The van der Waals surface area contributed by atoms with Gasteiger partial charge in [-0.15, -0.1) is 0 Å². The second kappa shape index (κ2) is 12.1.